The summed E-state index contributed by atoms with van der Waals surface area (Å²) in [6, 6.07) is 16.2. The predicted molar refractivity (Wildman–Crippen MR) is 108 cm³/mol. The Hall–Kier alpha value is -2.63. The summed E-state index contributed by atoms with van der Waals surface area (Å²) in [6.07, 6.45) is 1.67. The summed E-state index contributed by atoms with van der Waals surface area (Å²) in [6.45, 7) is 1.86. The average molecular weight is 399 g/mol. The quantitative estimate of drug-likeness (QED) is 0.663. The highest BCUT2D eigenvalue weighted by Gasteiger charge is 2.38. The third kappa shape index (κ3) is 3.36. The zero-order chi connectivity index (χ0) is 19.0. The van der Waals surface area contributed by atoms with E-state index in [9.17, 15) is 4.79 Å². The van der Waals surface area contributed by atoms with Crippen LogP contribution in [-0.4, -0.2) is 21.4 Å². The van der Waals surface area contributed by atoms with Crippen molar-refractivity contribution in [2.24, 2.45) is 10.9 Å². The summed E-state index contributed by atoms with van der Waals surface area (Å²) >= 11 is 12.3. The van der Waals surface area contributed by atoms with E-state index in [1.54, 1.807) is 23.0 Å². The van der Waals surface area contributed by atoms with E-state index in [1.165, 1.54) is 0 Å². The fraction of sp³-hybridized carbons (Fsp3) is 0.150. The van der Waals surface area contributed by atoms with Crippen molar-refractivity contribution in [3.63, 3.8) is 0 Å². The van der Waals surface area contributed by atoms with Crippen LogP contribution >= 0.6 is 23.2 Å². The Bertz CT molecular complexity index is 1030. The number of amides is 1. The molecule has 1 aromatic heterocycles. The van der Waals surface area contributed by atoms with Gasteiger partial charge in [0.05, 0.1) is 22.3 Å². The van der Waals surface area contributed by atoms with Crippen LogP contribution in [-0.2, 0) is 4.79 Å². The van der Waals surface area contributed by atoms with Gasteiger partial charge in [0, 0.05) is 17.5 Å². The number of carbonyl (C=O) groups is 1. The molecule has 0 saturated carbocycles. The molecule has 2 unspecified atom stereocenters. The molecule has 0 radical (unpaired) electrons. The number of hydrogen-bond acceptors (Lipinski definition) is 3. The molecule has 0 aliphatic carbocycles. The molecule has 2 heterocycles. The third-order valence-corrected chi connectivity index (χ3v) is 5.32. The van der Waals surface area contributed by atoms with E-state index >= 15 is 0 Å². The first-order valence-electron chi connectivity index (χ1n) is 8.44. The molecule has 0 spiro atoms. The van der Waals surface area contributed by atoms with Crippen LogP contribution in [0.25, 0.3) is 0 Å². The number of nitrogens with zero attached hydrogens (tertiary/aromatic N) is 3. The molecule has 0 fully saturated rings. The molecular weight excluding hydrogens is 383 g/mol. The number of fused-ring (bicyclic) bond motifs is 1. The second-order valence-corrected chi connectivity index (χ2v) is 7.15. The second kappa shape index (κ2) is 7.18. The second-order valence-electron chi connectivity index (χ2n) is 6.34. The fourth-order valence-corrected chi connectivity index (χ4v) is 3.64. The van der Waals surface area contributed by atoms with Crippen LogP contribution in [0, 0.1) is 5.92 Å². The van der Waals surface area contributed by atoms with Gasteiger partial charge in [-0.2, -0.15) is 5.10 Å². The zero-order valence-electron chi connectivity index (χ0n) is 14.4. The molecule has 136 valence electrons. The van der Waals surface area contributed by atoms with Gasteiger partial charge in [0.15, 0.2) is 5.82 Å². The number of hydrogen-bond donors (Lipinski definition) is 1. The zero-order valence-corrected chi connectivity index (χ0v) is 15.9. The SMILES string of the molecule is CC1=Nc2ccnn2C(c2ccc(Cl)c(Cl)c2)C1C(=O)Nc1ccccc1. The minimum atomic E-state index is -0.533. The Balaban J connectivity index is 1.77. The first-order chi connectivity index (χ1) is 13.0. The molecule has 1 aliphatic heterocycles. The van der Waals surface area contributed by atoms with Gasteiger partial charge in [0.1, 0.15) is 5.92 Å². The highest BCUT2D eigenvalue weighted by molar-refractivity contribution is 6.42. The Labute approximate surface area is 166 Å². The van der Waals surface area contributed by atoms with Crippen molar-refractivity contribution < 1.29 is 4.79 Å². The number of nitrogens with one attached hydrogen (secondary N) is 1. The van der Waals surface area contributed by atoms with Gasteiger partial charge in [-0.05, 0) is 36.8 Å². The molecule has 3 aromatic rings. The Morgan fingerprint density at radius 1 is 1.07 bits per heavy atom. The van der Waals surface area contributed by atoms with Crippen molar-refractivity contribution >= 4 is 46.3 Å². The summed E-state index contributed by atoms with van der Waals surface area (Å²) in [5.74, 6) is 0.0156. The molecule has 0 bridgehead atoms. The Kier molecular flexibility index (Phi) is 4.72. The van der Waals surface area contributed by atoms with Crippen molar-refractivity contribution in [3.05, 3.63) is 76.4 Å². The van der Waals surface area contributed by atoms with E-state index < -0.39 is 5.92 Å². The molecule has 4 rings (SSSR count). The van der Waals surface area contributed by atoms with E-state index in [0.29, 0.717) is 21.6 Å². The van der Waals surface area contributed by atoms with Crippen molar-refractivity contribution in [1.82, 2.24) is 9.78 Å². The van der Waals surface area contributed by atoms with Gasteiger partial charge in [-0.3, -0.25) is 4.79 Å². The van der Waals surface area contributed by atoms with Gasteiger partial charge in [-0.25, -0.2) is 9.67 Å². The number of benzene rings is 2. The number of carbonyl (C=O) groups excluding carboxylic acids is 1. The highest BCUT2D eigenvalue weighted by atomic mass is 35.5. The molecule has 7 heteroatoms. The first kappa shape index (κ1) is 17.8. The molecule has 0 saturated heterocycles. The van der Waals surface area contributed by atoms with Gasteiger partial charge < -0.3 is 5.32 Å². The van der Waals surface area contributed by atoms with Crippen LogP contribution < -0.4 is 5.32 Å². The molecule has 1 N–H and O–H groups in total. The maximum Gasteiger partial charge on any atom is 0.235 e. The van der Waals surface area contributed by atoms with E-state index in [2.05, 4.69) is 15.4 Å². The van der Waals surface area contributed by atoms with Crippen molar-refractivity contribution in [1.29, 1.82) is 0 Å². The topological polar surface area (TPSA) is 59.3 Å². The monoisotopic (exact) mass is 398 g/mol. The molecule has 1 aliphatic rings. The molecular formula is C20H16Cl2N4O. The summed E-state index contributed by atoms with van der Waals surface area (Å²) in [5.41, 5.74) is 2.29. The standard InChI is InChI=1S/C20H16Cl2N4O/c1-12-18(20(27)25-14-5-3-2-4-6-14)19(26-17(24-12)9-10-23-26)13-7-8-15(21)16(22)11-13/h2-11,18-19H,1H3,(H,25,27). The minimum Gasteiger partial charge on any atom is -0.325 e. The predicted octanol–water partition coefficient (Wildman–Crippen LogP) is 5.14. The molecule has 27 heavy (non-hydrogen) atoms. The molecule has 2 aromatic carbocycles. The number of rotatable bonds is 3. The lowest BCUT2D eigenvalue weighted by atomic mass is 9.87. The highest BCUT2D eigenvalue weighted by Crippen LogP contribution is 2.38. The van der Waals surface area contributed by atoms with Crippen LogP contribution in [0.15, 0.2) is 65.8 Å². The van der Waals surface area contributed by atoms with Gasteiger partial charge in [0.2, 0.25) is 5.91 Å². The molecule has 5 nitrogen and oxygen atoms in total. The van der Waals surface area contributed by atoms with Crippen molar-refractivity contribution in [2.45, 2.75) is 13.0 Å². The largest absolute Gasteiger partial charge is 0.325 e. The maximum absolute atomic E-state index is 13.2. The Morgan fingerprint density at radius 2 is 1.85 bits per heavy atom. The normalized spacial score (nSPS) is 18.6. The van der Waals surface area contributed by atoms with Gasteiger partial charge >= 0.3 is 0 Å². The molecule has 1 amide bonds. The number of anilines is 1. The number of para-hydroxylation sites is 1. The van der Waals surface area contributed by atoms with Crippen molar-refractivity contribution in [3.8, 4) is 0 Å². The summed E-state index contributed by atoms with van der Waals surface area (Å²) in [7, 11) is 0. The van der Waals surface area contributed by atoms with Gasteiger partial charge in [0.25, 0.3) is 0 Å². The van der Waals surface area contributed by atoms with Crippen LogP contribution in [0.4, 0.5) is 11.5 Å². The number of halogens is 2. The van der Waals surface area contributed by atoms with E-state index in [0.717, 1.165) is 11.3 Å². The number of aliphatic imine (C=N–C) groups is 1. The third-order valence-electron chi connectivity index (χ3n) is 4.58. The molecule has 2 atom stereocenters. The van der Waals surface area contributed by atoms with Crippen LogP contribution in [0.2, 0.25) is 10.0 Å². The Morgan fingerprint density at radius 3 is 2.59 bits per heavy atom. The first-order valence-corrected chi connectivity index (χ1v) is 9.20. The van der Waals surface area contributed by atoms with E-state index in [1.807, 2.05) is 49.4 Å². The van der Waals surface area contributed by atoms with Gasteiger partial charge in [-0.1, -0.05) is 47.5 Å². The summed E-state index contributed by atoms with van der Waals surface area (Å²) in [5, 5.41) is 8.27. The summed E-state index contributed by atoms with van der Waals surface area (Å²) < 4.78 is 1.75. The van der Waals surface area contributed by atoms with Gasteiger partial charge in [-0.15, -0.1) is 0 Å². The van der Waals surface area contributed by atoms with E-state index in [4.69, 9.17) is 23.2 Å². The van der Waals surface area contributed by atoms with Crippen LogP contribution in [0.3, 0.4) is 0 Å². The van der Waals surface area contributed by atoms with Crippen LogP contribution in [0.5, 0.6) is 0 Å². The lowest BCUT2D eigenvalue weighted by Crippen LogP contribution is -2.39. The average Bonchev–Trinajstić information content (AvgIpc) is 3.11. The number of aromatic nitrogens is 2. The smallest absolute Gasteiger partial charge is 0.235 e. The van der Waals surface area contributed by atoms with Crippen LogP contribution in [0.1, 0.15) is 18.5 Å². The summed E-state index contributed by atoms with van der Waals surface area (Å²) in [4.78, 5) is 17.7. The van der Waals surface area contributed by atoms with E-state index in [-0.39, 0.29) is 11.9 Å². The minimum absolute atomic E-state index is 0.153. The lowest BCUT2D eigenvalue weighted by molar-refractivity contribution is -0.118. The lowest BCUT2D eigenvalue weighted by Gasteiger charge is -2.31. The fourth-order valence-electron chi connectivity index (χ4n) is 3.33. The maximum atomic E-state index is 13.2. The van der Waals surface area contributed by atoms with Crippen molar-refractivity contribution in [2.75, 3.05) is 5.32 Å².